The van der Waals surface area contributed by atoms with Gasteiger partial charge in [0.2, 0.25) is 0 Å². The van der Waals surface area contributed by atoms with E-state index in [-0.39, 0.29) is 24.0 Å². The summed E-state index contributed by atoms with van der Waals surface area (Å²) in [6.45, 7) is 3.33. The van der Waals surface area contributed by atoms with Crippen molar-refractivity contribution in [3.63, 3.8) is 0 Å². The second-order valence-corrected chi connectivity index (χ2v) is 8.48. The smallest absolute Gasteiger partial charge is 0.500 e. The summed E-state index contributed by atoms with van der Waals surface area (Å²) in [5.41, 5.74) is 1.33. The highest BCUT2D eigenvalue weighted by atomic mass is 127. The Bertz CT molecular complexity index is 415. The molecule has 7 heteroatoms. The fourth-order valence-electron chi connectivity index (χ4n) is 2.82. The van der Waals surface area contributed by atoms with Crippen LogP contribution in [0.4, 0.5) is 5.69 Å². The molecule has 1 saturated heterocycles. The van der Waals surface area contributed by atoms with Crippen molar-refractivity contribution in [1.29, 1.82) is 0 Å². The van der Waals surface area contributed by atoms with Crippen LogP contribution in [0.1, 0.15) is 19.3 Å². The average Bonchev–Trinajstić information content (AvgIpc) is 3.07. The number of anilines is 1. The van der Waals surface area contributed by atoms with Crippen LogP contribution in [0.2, 0.25) is 6.04 Å². The number of rotatable bonds is 8. The lowest BCUT2D eigenvalue weighted by Gasteiger charge is -2.23. The third-order valence-corrected chi connectivity index (χ3v) is 7.01. The van der Waals surface area contributed by atoms with Crippen molar-refractivity contribution in [2.24, 2.45) is 0 Å². The number of halogens is 1. The predicted octanol–water partition coefficient (Wildman–Crippen LogP) is -1.15. The van der Waals surface area contributed by atoms with E-state index < -0.39 is 8.80 Å². The van der Waals surface area contributed by atoms with Gasteiger partial charge in [0.15, 0.2) is 12.4 Å². The molecule has 126 valence electrons. The van der Waals surface area contributed by atoms with Gasteiger partial charge in [0.1, 0.15) is 6.54 Å². The highest BCUT2D eigenvalue weighted by molar-refractivity contribution is 6.60. The monoisotopic (exact) mass is 438 g/mol. The normalized spacial score (nSPS) is 15.0. The van der Waals surface area contributed by atoms with Crippen LogP contribution in [-0.4, -0.2) is 43.2 Å². The van der Waals surface area contributed by atoms with E-state index in [2.05, 4.69) is 34.0 Å². The Labute approximate surface area is 151 Å². The molecule has 1 aliphatic rings. The van der Waals surface area contributed by atoms with E-state index in [1.165, 1.54) is 31.6 Å². The van der Waals surface area contributed by atoms with Gasteiger partial charge in [0, 0.05) is 64.7 Å². The Morgan fingerprint density at radius 3 is 2.09 bits per heavy atom. The summed E-state index contributed by atoms with van der Waals surface area (Å²) >= 11 is 0. The largest absolute Gasteiger partial charge is 1.00 e. The van der Waals surface area contributed by atoms with Crippen LogP contribution in [-0.2, 0) is 19.8 Å². The molecule has 1 aromatic rings. The topological polar surface area (TPSA) is 34.8 Å². The number of pyridine rings is 1. The molecule has 0 saturated carbocycles. The number of hydrogen-bond acceptors (Lipinski definition) is 4. The first kappa shape index (κ1) is 19.8. The van der Waals surface area contributed by atoms with Crippen molar-refractivity contribution in [1.82, 2.24) is 0 Å². The lowest BCUT2D eigenvalue weighted by Crippen LogP contribution is -3.00. The molecule has 2 heterocycles. The summed E-state index contributed by atoms with van der Waals surface area (Å²) in [5.74, 6) is 0. The van der Waals surface area contributed by atoms with Gasteiger partial charge in [-0.05, 0) is 12.8 Å². The molecule has 2 rings (SSSR count). The molecule has 0 bridgehead atoms. The lowest BCUT2D eigenvalue weighted by molar-refractivity contribution is -0.696. The van der Waals surface area contributed by atoms with Gasteiger partial charge in [-0.3, -0.25) is 0 Å². The van der Waals surface area contributed by atoms with E-state index in [1.807, 2.05) is 0 Å². The first-order chi connectivity index (χ1) is 10.2. The molecule has 22 heavy (non-hydrogen) atoms. The van der Waals surface area contributed by atoms with Gasteiger partial charge in [0.25, 0.3) is 0 Å². The van der Waals surface area contributed by atoms with Gasteiger partial charge in [-0.1, -0.05) is 0 Å². The molecule has 1 aromatic heterocycles. The van der Waals surface area contributed by atoms with Crippen LogP contribution in [0.15, 0.2) is 24.5 Å². The molecule has 0 atom stereocenters. The summed E-state index contributed by atoms with van der Waals surface area (Å²) in [6, 6.07) is 5.25. The van der Waals surface area contributed by atoms with E-state index in [0.717, 1.165) is 19.0 Å². The summed E-state index contributed by atoms with van der Waals surface area (Å²) in [4.78, 5) is 2.45. The van der Waals surface area contributed by atoms with Gasteiger partial charge in [-0.25, -0.2) is 4.57 Å². The number of aromatic nitrogens is 1. The summed E-state index contributed by atoms with van der Waals surface area (Å²) < 4.78 is 18.5. The number of aryl methyl sites for hydroxylation is 1. The second-order valence-electron chi connectivity index (χ2n) is 5.39. The first-order valence-corrected chi connectivity index (χ1v) is 9.56. The van der Waals surface area contributed by atoms with Crippen LogP contribution < -0.4 is 33.4 Å². The molecule has 0 N–H and O–H groups in total. The van der Waals surface area contributed by atoms with Crippen molar-refractivity contribution in [2.75, 3.05) is 39.3 Å². The van der Waals surface area contributed by atoms with E-state index in [9.17, 15) is 0 Å². The molecule has 0 unspecified atom stereocenters. The van der Waals surface area contributed by atoms with Gasteiger partial charge < -0.3 is 42.2 Å². The maximum Gasteiger partial charge on any atom is 0.500 e. The van der Waals surface area contributed by atoms with Gasteiger partial charge in [-0.15, -0.1) is 0 Å². The molecule has 1 fully saturated rings. The predicted molar refractivity (Wildman–Crippen MR) is 84.3 cm³/mol. The van der Waals surface area contributed by atoms with E-state index in [0.29, 0.717) is 0 Å². The zero-order valence-electron chi connectivity index (χ0n) is 13.8. The Balaban J connectivity index is 0.00000242. The molecule has 0 aliphatic carbocycles. The minimum atomic E-state index is -2.42. The van der Waals surface area contributed by atoms with E-state index in [1.54, 1.807) is 21.3 Å². The minimum absolute atomic E-state index is 0. The first-order valence-electron chi connectivity index (χ1n) is 7.62. The van der Waals surface area contributed by atoms with Crippen LogP contribution in [0.25, 0.3) is 0 Å². The lowest BCUT2D eigenvalue weighted by atomic mass is 10.3. The second kappa shape index (κ2) is 9.81. The Kier molecular flexibility index (Phi) is 8.84. The molecule has 0 amide bonds. The highest BCUT2D eigenvalue weighted by Crippen LogP contribution is 2.18. The molecule has 5 nitrogen and oxygen atoms in total. The van der Waals surface area contributed by atoms with Crippen LogP contribution >= 0.6 is 0 Å². The standard InChI is InChI=1S/C15H27N2O3Si.HI/c1-18-21(19-2,20-3)14-6-9-16-12-7-15(8-13-16)17-10-4-5-11-17;/h7-8,12-13H,4-6,9-11,14H2,1-3H3;1H/q+1;/p-1. The quantitative estimate of drug-likeness (QED) is 0.292. The zero-order valence-corrected chi connectivity index (χ0v) is 16.9. The van der Waals surface area contributed by atoms with Crippen LogP contribution in [0.3, 0.4) is 0 Å². The zero-order chi connectivity index (χ0) is 15.1. The van der Waals surface area contributed by atoms with E-state index >= 15 is 0 Å². The number of nitrogens with zero attached hydrogens (tertiary/aromatic N) is 2. The SMILES string of the molecule is CO[Si](CCC[n+]1ccc(N2CCCC2)cc1)(OC)OC.[I-]. The summed E-state index contributed by atoms with van der Waals surface area (Å²) in [5, 5.41) is 0. The fraction of sp³-hybridized carbons (Fsp3) is 0.667. The van der Waals surface area contributed by atoms with Gasteiger partial charge in [-0.2, -0.15) is 0 Å². The number of hydrogen-bond donors (Lipinski definition) is 0. The maximum absolute atomic E-state index is 5.44. The van der Waals surface area contributed by atoms with Crippen molar-refractivity contribution in [3.8, 4) is 0 Å². The molecule has 0 aromatic carbocycles. The maximum atomic E-state index is 5.44. The Morgan fingerprint density at radius 2 is 1.59 bits per heavy atom. The third kappa shape index (κ3) is 5.16. The van der Waals surface area contributed by atoms with Crippen molar-refractivity contribution in [2.45, 2.75) is 31.9 Å². The van der Waals surface area contributed by atoms with Crippen LogP contribution in [0.5, 0.6) is 0 Å². The van der Waals surface area contributed by atoms with E-state index in [4.69, 9.17) is 13.3 Å². The molecule has 0 spiro atoms. The summed E-state index contributed by atoms with van der Waals surface area (Å²) in [7, 11) is 2.57. The minimum Gasteiger partial charge on any atom is -1.00 e. The third-order valence-electron chi connectivity index (χ3n) is 4.18. The van der Waals surface area contributed by atoms with Crippen molar-refractivity contribution >= 4 is 14.5 Å². The fourth-order valence-corrected chi connectivity index (χ4v) is 4.52. The molecular formula is C15H27IN2O3Si. The van der Waals surface area contributed by atoms with Gasteiger partial charge in [0.05, 0.1) is 0 Å². The highest BCUT2D eigenvalue weighted by Gasteiger charge is 2.37. The Morgan fingerprint density at radius 1 is 1.05 bits per heavy atom. The summed E-state index contributed by atoms with van der Waals surface area (Å²) in [6.07, 6.45) is 7.92. The van der Waals surface area contributed by atoms with Crippen LogP contribution in [0, 0.1) is 0 Å². The Hall–Kier alpha value is -0.223. The average molecular weight is 438 g/mol. The molecular weight excluding hydrogens is 411 g/mol. The van der Waals surface area contributed by atoms with Crippen molar-refractivity contribution in [3.05, 3.63) is 24.5 Å². The molecule has 1 aliphatic heterocycles. The molecule has 0 radical (unpaired) electrons. The van der Waals surface area contributed by atoms with Gasteiger partial charge >= 0.3 is 8.80 Å². The van der Waals surface area contributed by atoms with Crippen molar-refractivity contribution < 1.29 is 41.8 Å².